The number of allylic oxidation sites excluding steroid dienone is 5. The fraction of sp³-hybridized carbons (Fsp3) is 0.588. The van der Waals surface area contributed by atoms with E-state index >= 15 is 0 Å². The van der Waals surface area contributed by atoms with E-state index in [0.717, 1.165) is 12.0 Å². The van der Waals surface area contributed by atoms with Gasteiger partial charge in [-0.05, 0) is 35.4 Å². The van der Waals surface area contributed by atoms with E-state index in [4.69, 9.17) is 0 Å². The highest BCUT2D eigenvalue weighted by atomic mass is 28.3. The molecular weight excluding hydrogens is 248 g/mol. The van der Waals surface area contributed by atoms with Crippen LogP contribution in [0.25, 0.3) is 0 Å². The molecule has 0 aromatic carbocycles. The molecule has 0 aliphatic heterocycles. The molecule has 2 heteroatoms. The summed E-state index contributed by atoms with van der Waals surface area (Å²) < 4.78 is 0. The lowest BCUT2D eigenvalue weighted by Gasteiger charge is -2.39. The van der Waals surface area contributed by atoms with Crippen molar-refractivity contribution in [1.82, 2.24) is 0 Å². The topological polar surface area (TPSA) is 17.1 Å². The Morgan fingerprint density at radius 2 is 2.05 bits per heavy atom. The fourth-order valence-electron chi connectivity index (χ4n) is 2.58. The third-order valence-corrected chi connectivity index (χ3v) is 5.69. The molecular formula is C17H28OSi. The zero-order valence-electron chi connectivity index (χ0n) is 13.1. The minimum Gasteiger partial charge on any atom is -0.295 e. The Kier molecular flexibility index (Phi) is 5.14. The van der Waals surface area contributed by atoms with Crippen LogP contribution in [0.2, 0.25) is 25.7 Å². The summed E-state index contributed by atoms with van der Waals surface area (Å²) in [4.78, 5) is 11.7. The van der Waals surface area contributed by atoms with Gasteiger partial charge in [-0.15, -0.1) is 0 Å². The maximum Gasteiger partial charge on any atom is 0.156 e. The van der Waals surface area contributed by atoms with Crippen LogP contribution in [0.5, 0.6) is 0 Å². The van der Waals surface area contributed by atoms with Crippen molar-refractivity contribution in [2.24, 2.45) is 11.3 Å². The third-order valence-electron chi connectivity index (χ3n) is 4.23. The Labute approximate surface area is 119 Å². The Balaban J connectivity index is 2.81. The van der Waals surface area contributed by atoms with Crippen LogP contribution in [0.1, 0.15) is 26.7 Å². The molecule has 0 bridgehead atoms. The molecule has 0 saturated carbocycles. The molecule has 0 amide bonds. The quantitative estimate of drug-likeness (QED) is 0.510. The highest BCUT2D eigenvalue weighted by Crippen LogP contribution is 2.44. The van der Waals surface area contributed by atoms with Gasteiger partial charge in [-0.3, -0.25) is 4.79 Å². The monoisotopic (exact) mass is 276 g/mol. The number of rotatable bonds is 5. The van der Waals surface area contributed by atoms with Crippen LogP contribution >= 0.6 is 0 Å². The van der Waals surface area contributed by atoms with Gasteiger partial charge in [0.2, 0.25) is 0 Å². The van der Waals surface area contributed by atoms with Crippen molar-refractivity contribution in [3.63, 3.8) is 0 Å². The highest BCUT2D eigenvalue weighted by Gasteiger charge is 2.37. The van der Waals surface area contributed by atoms with Crippen molar-refractivity contribution >= 4 is 13.9 Å². The average Bonchev–Trinajstić information content (AvgIpc) is 2.28. The zero-order chi connectivity index (χ0) is 14.7. The summed E-state index contributed by atoms with van der Waals surface area (Å²) >= 11 is 0. The van der Waals surface area contributed by atoms with E-state index in [-0.39, 0.29) is 11.2 Å². The molecule has 1 nitrogen and oxygen atoms in total. The first-order valence-electron chi connectivity index (χ1n) is 7.21. The zero-order valence-corrected chi connectivity index (χ0v) is 14.1. The van der Waals surface area contributed by atoms with Crippen molar-refractivity contribution < 1.29 is 4.79 Å². The molecule has 1 aliphatic carbocycles. The second kappa shape index (κ2) is 6.04. The molecule has 0 N–H and O–H groups in total. The fourth-order valence-corrected chi connectivity index (χ4v) is 3.46. The number of carbonyl (C=O) groups is 1. The second-order valence-electron chi connectivity index (χ2n) is 7.23. The van der Waals surface area contributed by atoms with Crippen molar-refractivity contribution in [1.29, 1.82) is 0 Å². The molecule has 0 radical (unpaired) electrons. The minimum absolute atomic E-state index is 0.0611. The molecule has 19 heavy (non-hydrogen) atoms. The molecule has 106 valence electrons. The summed E-state index contributed by atoms with van der Waals surface area (Å²) in [6, 6.07) is 1.23. The molecule has 1 rings (SSSR count). The summed E-state index contributed by atoms with van der Waals surface area (Å²) in [6.45, 7) is 15.5. The number of hydrogen-bond acceptors (Lipinski definition) is 1. The van der Waals surface area contributed by atoms with Crippen molar-refractivity contribution in [2.45, 2.75) is 52.4 Å². The number of hydrogen-bond donors (Lipinski definition) is 0. The Bertz CT molecular complexity index is 411. The van der Waals surface area contributed by atoms with Crippen LogP contribution in [0, 0.1) is 11.3 Å². The standard InChI is InChI=1S/C17H28OSi/c1-7-15-13-16(18)12-14(2)17(15,3)10-8-9-11-19(4,5)6/h7-9,13-14H,1,10-12H2,2-6H3/b9-8-/t14-,17+/m1/s1. The smallest absolute Gasteiger partial charge is 0.156 e. The van der Waals surface area contributed by atoms with Crippen LogP contribution in [0.4, 0.5) is 0 Å². The Hall–Kier alpha value is -0.893. The van der Waals surface area contributed by atoms with Gasteiger partial charge in [0.05, 0.1) is 0 Å². The Morgan fingerprint density at radius 3 is 2.58 bits per heavy atom. The Morgan fingerprint density at radius 1 is 1.42 bits per heavy atom. The normalized spacial score (nSPS) is 28.6. The van der Waals surface area contributed by atoms with Gasteiger partial charge in [-0.25, -0.2) is 0 Å². The van der Waals surface area contributed by atoms with Crippen LogP contribution in [0.15, 0.2) is 36.5 Å². The molecule has 1 aliphatic rings. The van der Waals surface area contributed by atoms with E-state index in [1.807, 2.05) is 6.08 Å². The summed E-state index contributed by atoms with van der Waals surface area (Å²) in [7, 11) is -0.997. The lowest BCUT2D eigenvalue weighted by atomic mass is 9.65. The number of ketones is 1. The first-order valence-corrected chi connectivity index (χ1v) is 10.9. The molecule has 0 unspecified atom stereocenters. The van der Waals surface area contributed by atoms with Crippen molar-refractivity contribution in [3.05, 3.63) is 36.5 Å². The highest BCUT2D eigenvalue weighted by molar-refractivity contribution is 6.76. The van der Waals surface area contributed by atoms with Gasteiger partial charge in [0.1, 0.15) is 0 Å². The third kappa shape index (κ3) is 4.31. The molecule has 0 fully saturated rings. The predicted molar refractivity (Wildman–Crippen MR) is 87.1 cm³/mol. The second-order valence-corrected chi connectivity index (χ2v) is 12.8. The van der Waals surface area contributed by atoms with Gasteiger partial charge < -0.3 is 0 Å². The van der Waals surface area contributed by atoms with Crippen LogP contribution < -0.4 is 0 Å². The number of carbonyl (C=O) groups excluding carboxylic acids is 1. The minimum atomic E-state index is -0.997. The van der Waals surface area contributed by atoms with Gasteiger partial charge in [0.15, 0.2) is 5.78 Å². The van der Waals surface area contributed by atoms with E-state index < -0.39 is 8.07 Å². The van der Waals surface area contributed by atoms with Crippen molar-refractivity contribution in [3.8, 4) is 0 Å². The maximum absolute atomic E-state index is 11.7. The van der Waals surface area contributed by atoms with E-state index in [2.05, 4.69) is 52.2 Å². The van der Waals surface area contributed by atoms with Crippen LogP contribution in [-0.2, 0) is 4.79 Å². The molecule has 0 saturated heterocycles. The largest absolute Gasteiger partial charge is 0.295 e. The van der Waals surface area contributed by atoms with Gasteiger partial charge in [0, 0.05) is 14.5 Å². The first-order chi connectivity index (χ1) is 8.69. The SMILES string of the molecule is C=CC1=CC(=O)C[C@@H](C)[C@]1(C)C/C=C\C[Si](C)(C)C. The lowest BCUT2D eigenvalue weighted by Crippen LogP contribution is -2.32. The van der Waals surface area contributed by atoms with E-state index in [1.54, 1.807) is 6.08 Å². The maximum atomic E-state index is 11.7. The van der Waals surface area contributed by atoms with Gasteiger partial charge >= 0.3 is 0 Å². The molecule has 0 aromatic heterocycles. The molecule has 2 atom stereocenters. The van der Waals surface area contributed by atoms with Gasteiger partial charge in [-0.1, -0.05) is 58.3 Å². The summed E-state index contributed by atoms with van der Waals surface area (Å²) in [5.74, 6) is 0.625. The molecule has 0 aromatic rings. The average molecular weight is 276 g/mol. The van der Waals surface area contributed by atoms with Crippen molar-refractivity contribution in [2.75, 3.05) is 0 Å². The van der Waals surface area contributed by atoms with Gasteiger partial charge in [-0.2, -0.15) is 0 Å². The molecule has 0 spiro atoms. The molecule has 0 heterocycles. The lowest BCUT2D eigenvalue weighted by molar-refractivity contribution is -0.116. The summed E-state index contributed by atoms with van der Waals surface area (Å²) in [5.41, 5.74) is 1.17. The van der Waals surface area contributed by atoms with E-state index in [0.29, 0.717) is 12.3 Å². The summed E-state index contributed by atoms with van der Waals surface area (Å²) in [6.07, 6.45) is 9.96. The van der Waals surface area contributed by atoms with Gasteiger partial charge in [0.25, 0.3) is 0 Å². The van der Waals surface area contributed by atoms with Crippen LogP contribution in [-0.4, -0.2) is 13.9 Å². The van der Waals surface area contributed by atoms with E-state index in [1.165, 1.54) is 6.04 Å². The summed E-state index contributed by atoms with van der Waals surface area (Å²) in [5, 5.41) is 0. The van der Waals surface area contributed by atoms with Crippen LogP contribution in [0.3, 0.4) is 0 Å². The predicted octanol–water partition coefficient (Wildman–Crippen LogP) is 5.00. The first kappa shape index (κ1) is 16.2. The van der Waals surface area contributed by atoms with E-state index in [9.17, 15) is 4.79 Å².